The number of Topliss-reactive ketones (excluding diaryl/α,β-unsaturated/α-hetero) is 2. The summed E-state index contributed by atoms with van der Waals surface area (Å²) in [4.78, 5) is 39.6. The Morgan fingerprint density at radius 2 is 1.83 bits per heavy atom. The molecule has 29 heavy (non-hydrogen) atoms. The minimum atomic E-state index is -0.531. The van der Waals surface area contributed by atoms with Crippen LogP contribution in [0.1, 0.15) is 56.0 Å². The number of benzene rings is 1. The summed E-state index contributed by atoms with van der Waals surface area (Å²) in [7, 11) is 0. The highest BCUT2D eigenvalue weighted by Gasteiger charge is 2.45. The number of ether oxygens (including phenoxy) is 2. The summed E-state index contributed by atoms with van der Waals surface area (Å²) in [6, 6.07) is 7.11. The molecule has 1 spiro atoms. The molecule has 1 fully saturated rings. The third-order valence-electron chi connectivity index (χ3n) is 5.38. The van der Waals surface area contributed by atoms with Gasteiger partial charge in [-0.1, -0.05) is 24.3 Å². The van der Waals surface area contributed by atoms with Crippen molar-refractivity contribution in [2.24, 2.45) is 0 Å². The zero-order chi connectivity index (χ0) is 20.8. The van der Waals surface area contributed by atoms with Crippen LogP contribution >= 0.6 is 11.8 Å². The lowest BCUT2D eigenvalue weighted by molar-refractivity contribution is -0.111. The van der Waals surface area contributed by atoms with E-state index in [9.17, 15) is 14.4 Å². The highest BCUT2D eigenvalue weighted by Crippen LogP contribution is 2.47. The van der Waals surface area contributed by atoms with Crippen LogP contribution in [-0.2, 0) is 14.3 Å². The highest BCUT2D eigenvalue weighted by atomic mass is 32.2. The Morgan fingerprint density at radius 3 is 2.55 bits per heavy atom. The van der Waals surface area contributed by atoms with Gasteiger partial charge in [-0.3, -0.25) is 9.59 Å². The molecule has 3 aliphatic rings. The van der Waals surface area contributed by atoms with E-state index in [1.165, 1.54) is 11.8 Å². The molecule has 0 bridgehead atoms. The molecule has 1 aliphatic carbocycles. The van der Waals surface area contributed by atoms with Crippen LogP contribution in [0, 0.1) is 0 Å². The lowest BCUT2D eigenvalue weighted by atomic mass is 9.91. The van der Waals surface area contributed by atoms with Gasteiger partial charge in [0.05, 0.1) is 0 Å². The summed E-state index contributed by atoms with van der Waals surface area (Å²) in [5.41, 5.74) is 0.0925. The first kappa shape index (κ1) is 20.0. The second kappa shape index (κ2) is 7.20. The van der Waals surface area contributed by atoms with Crippen LogP contribution in [-0.4, -0.2) is 52.6 Å². The van der Waals surface area contributed by atoms with Crippen molar-refractivity contribution in [3.8, 4) is 0 Å². The predicted octanol–water partition coefficient (Wildman–Crippen LogP) is 4.04. The Hall–Kier alpha value is -2.28. The molecule has 0 saturated carbocycles. The van der Waals surface area contributed by atoms with Gasteiger partial charge in [-0.15, -0.1) is 11.8 Å². The third-order valence-corrected chi connectivity index (χ3v) is 6.71. The van der Waals surface area contributed by atoms with Crippen molar-refractivity contribution in [3.05, 3.63) is 40.3 Å². The Labute approximate surface area is 174 Å². The van der Waals surface area contributed by atoms with Crippen LogP contribution in [0.5, 0.6) is 0 Å². The maximum atomic E-state index is 12.6. The zero-order valence-corrected chi connectivity index (χ0v) is 17.8. The average molecular weight is 416 g/mol. The number of carbonyl (C=O) groups is 3. The van der Waals surface area contributed by atoms with E-state index < -0.39 is 22.8 Å². The maximum Gasteiger partial charge on any atom is 0.410 e. The molecule has 6 nitrogen and oxygen atoms in total. The minimum absolute atomic E-state index is 0.304. The second-order valence-corrected chi connectivity index (χ2v) is 9.74. The lowest BCUT2D eigenvalue weighted by Crippen LogP contribution is -2.42. The van der Waals surface area contributed by atoms with E-state index in [-0.39, 0.29) is 6.09 Å². The summed E-state index contributed by atoms with van der Waals surface area (Å²) < 4.78 is 12.0. The average Bonchev–Trinajstić information content (AvgIpc) is 2.87. The minimum Gasteiger partial charge on any atom is -0.484 e. The van der Waals surface area contributed by atoms with Gasteiger partial charge in [0.25, 0.3) is 0 Å². The molecule has 154 valence electrons. The fourth-order valence-electron chi connectivity index (χ4n) is 3.94. The van der Waals surface area contributed by atoms with Crippen LogP contribution in [0.2, 0.25) is 0 Å². The van der Waals surface area contributed by atoms with Crippen molar-refractivity contribution in [3.63, 3.8) is 0 Å². The molecule has 1 aromatic carbocycles. The van der Waals surface area contributed by atoms with Crippen LogP contribution in [0.4, 0.5) is 4.79 Å². The van der Waals surface area contributed by atoms with Crippen molar-refractivity contribution >= 4 is 35.2 Å². The molecule has 7 heteroatoms. The first-order valence-corrected chi connectivity index (χ1v) is 10.9. The number of rotatable bonds is 0. The Kier molecular flexibility index (Phi) is 4.97. The van der Waals surface area contributed by atoms with E-state index in [0.29, 0.717) is 47.1 Å². The molecule has 2 aliphatic heterocycles. The fraction of sp³-hybridized carbons (Fsp3) is 0.500. The summed E-state index contributed by atoms with van der Waals surface area (Å²) in [6.45, 7) is 6.73. The lowest BCUT2D eigenvalue weighted by Gasteiger charge is -2.40. The number of hydrogen-bond acceptors (Lipinski definition) is 6. The van der Waals surface area contributed by atoms with Gasteiger partial charge in [-0.05, 0) is 33.6 Å². The number of hydrogen-bond donors (Lipinski definition) is 0. The van der Waals surface area contributed by atoms with Gasteiger partial charge in [0.1, 0.15) is 21.9 Å². The molecule has 0 N–H and O–H groups in total. The van der Waals surface area contributed by atoms with Crippen molar-refractivity contribution in [1.82, 2.24) is 4.90 Å². The summed E-state index contributed by atoms with van der Waals surface area (Å²) in [6.07, 6.45) is 1.92. The standard InChI is InChI=1S/C22H25NO5S/c1-21(2,3)28-20(26)23-11-6-9-22(10-12-23)13-29-19-17(25)16(24)14-7-4-5-8-15(14)18(19)27-22/h4-5,7-8H,6,9-13H2,1-3H3. The maximum absolute atomic E-state index is 12.6. The topological polar surface area (TPSA) is 72.9 Å². The Balaban J connectivity index is 1.56. The second-order valence-electron chi connectivity index (χ2n) is 8.76. The number of allylic oxidation sites excluding steroid dienone is 1. The number of nitrogens with zero attached hydrogens (tertiary/aromatic N) is 1. The van der Waals surface area contributed by atoms with E-state index in [1.807, 2.05) is 32.9 Å². The predicted molar refractivity (Wildman–Crippen MR) is 111 cm³/mol. The van der Waals surface area contributed by atoms with E-state index in [4.69, 9.17) is 9.47 Å². The molecular formula is C22H25NO5S. The number of carbonyl (C=O) groups excluding carboxylic acids is 3. The molecule has 2 heterocycles. The molecule has 1 atom stereocenters. The van der Waals surface area contributed by atoms with Crippen LogP contribution < -0.4 is 0 Å². The van der Waals surface area contributed by atoms with E-state index in [0.717, 1.165) is 12.8 Å². The van der Waals surface area contributed by atoms with Gasteiger partial charge in [0.2, 0.25) is 11.6 Å². The zero-order valence-electron chi connectivity index (χ0n) is 16.9. The van der Waals surface area contributed by atoms with Gasteiger partial charge in [-0.2, -0.15) is 0 Å². The van der Waals surface area contributed by atoms with Gasteiger partial charge in [0, 0.05) is 36.4 Å². The number of fused-ring (bicyclic) bond motifs is 2. The van der Waals surface area contributed by atoms with Crippen LogP contribution in [0.3, 0.4) is 0 Å². The first-order chi connectivity index (χ1) is 13.7. The van der Waals surface area contributed by atoms with Gasteiger partial charge >= 0.3 is 6.09 Å². The Bertz CT molecular complexity index is 916. The van der Waals surface area contributed by atoms with Crippen molar-refractivity contribution in [2.45, 2.75) is 51.2 Å². The summed E-state index contributed by atoms with van der Waals surface area (Å²) >= 11 is 1.41. The van der Waals surface area contributed by atoms with Crippen LogP contribution in [0.25, 0.3) is 5.76 Å². The van der Waals surface area contributed by atoms with Crippen molar-refractivity contribution in [2.75, 3.05) is 18.8 Å². The molecule has 1 amide bonds. The van der Waals surface area contributed by atoms with Gasteiger partial charge < -0.3 is 14.4 Å². The molecule has 4 rings (SSSR count). The summed E-state index contributed by atoms with van der Waals surface area (Å²) in [5.74, 6) is 0.160. The molecule has 1 saturated heterocycles. The molecular weight excluding hydrogens is 390 g/mol. The van der Waals surface area contributed by atoms with E-state index in [2.05, 4.69) is 0 Å². The Morgan fingerprint density at radius 1 is 1.10 bits per heavy atom. The van der Waals surface area contributed by atoms with E-state index in [1.54, 1.807) is 17.0 Å². The first-order valence-electron chi connectivity index (χ1n) is 9.92. The van der Waals surface area contributed by atoms with Crippen molar-refractivity contribution in [1.29, 1.82) is 0 Å². The number of thioether (sulfide) groups is 1. The van der Waals surface area contributed by atoms with Crippen LogP contribution in [0.15, 0.2) is 29.2 Å². The smallest absolute Gasteiger partial charge is 0.410 e. The van der Waals surface area contributed by atoms with Gasteiger partial charge in [0.15, 0.2) is 0 Å². The third kappa shape index (κ3) is 3.80. The molecule has 0 aromatic heterocycles. The van der Waals surface area contributed by atoms with E-state index >= 15 is 0 Å². The highest BCUT2D eigenvalue weighted by molar-refractivity contribution is 8.04. The number of amides is 1. The van der Waals surface area contributed by atoms with Crippen molar-refractivity contribution < 1.29 is 23.9 Å². The summed E-state index contributed by atoms with van der Waals surface area (Å²) in [5, 5.41) is 0. The fourth-order valence-corrected chi connectivity index (χ4v) is 5.20. The molecule has 0 radical (unpaired) electrons. The number of ketones is 2. The monoisotopic (exact) mass is 415 g/mol. The largest absolute Gasteiger partial charge is 0.484 e. The molecule has 1 aromatic rings. The normalized spacial score (nSPS) is 24.6. The number of likely N-dealkylation sites (tertiary alicyclic amines) is 1. The SMILES string of the molecule is CC(C)(C)OC(=O)N1CCCC2(CC1)CSC1=C(O2)c2ccccc2C(=O)C1=O. The molecule has 1 unspecified atom stereocenters. The quantitative estimate of drug-likeness (QED) is 0.596. The van der Waals surface area contributed by atoms with Gasteiger partial charge in [-0.25, -0.2) is 4.79 Å².